The van der Waals surface area contributed by atoms with Crippen molar-refractivity contribution in [2.45, 2.75) is 84.0 Å². The summed E-state index contributed by atoms with van der Waals surface area (Å²) in [7, 11) is 2.69. The molecule has 2 N–H and O–H groups in total. The number of benzene rings is 1. The lowest BCUT2D eigenvalue weighted by atomic mass is 9.70. The number of methoxy groups -OCH3 is 2. The van der Waals surface area contributed by atoms with Crippen molar-refractivity contribution in [3.8, 4) is 5.75 Å². The smallest absolute Gasteiger partial charge is 0.339 e. The van der Waals surface area contributed by atoms with Gasteiger partial charge in [0.25, 0.3) is 0 Å². The molecule has 0 amide bonds. The molecule has 0 aliphatic rings. The van der Waals surface area contributed by atoms with Crippen LogP contribution in [0, 0.1) is 6.92 Å². The van der Waals surface area contributed by atoms with Crippen molar-refractivity contribution >= 4 is 17.9 Å². The molecule has 0 bridgehead atoms. The summed E-state index contributed by atoms with van der Waals surface area (Å²) >= 11 is 0. The second-order valence-corrected chi connectivity index (χ2v) is 9.25. The minimum Gasteiger partial charge on any atom is -0.507 e. The van der Waals surface area contributed by atoms with Gasteiger partial charge in [0.2, 0.25) is 0 Å². The maximum Gasteiger partial charge on any atom is 0.339 e. The average molecular weight is 437 g/mol. The van der Waals surface area contributed by atoms with Gasteiger partial charge in [0.05, 0.1) is 14.2 Å². The van der Waals surface area contributed by atoms with Crippen LogP contribution in [0.3, 0.4) is 0 Å². The Morgan fingerprint density at radius 3 is 1.77 bits per heavy atom. The first-order valence-corrected chi connectivity index (χ1v) is 10.5. The van der Waals surface area contributed by atoms with E-state index in [0.717, 1.165) is 11.1 Å². The third-order valence-corrected chi connectivity index (χ3v) is 6.02. The number of carbonyl (C=O) groups is 3. The zero-order valence-corrected chi connectivity index (χ0v) is 19.8. The van der Waals surface area contributed by atoms with Crippen LogP contribution in [0.5, 0.6) is 5.75 Å². The Kier molecular flexibility index (Phi) is 9.09. The average Bonchev–Trinajstić information content (AvgIpc) is 2.66. The predicted molar refractivity (Wildman–Crippen MR) is 118 cm³/mol. The summed E-state index contributed by atoms with van der Waals surface area (Å²) in [6.07, 6.45) is 2.91. The largest absolute Gasteiger partial charge is 0.507 e. The van der Waals surface area contributed by atoms with Crippen LogP contribution in [0.1, 0.15) is 93.3 Å². The van der Waals surface area contributed by atoms with Crippen LogP contribution in [0.25, 0.3) is 0 Å². The first-order chi connectivity index (χ1) is 14.3. The van der Waals surface area contributed by atoms with E-state index in [2.05, 4.69) is 0 Å². The van der Waals surface area contributed by atoms with Crippen LogP contribution < -0.4 is 0 Å². The van der Waals surface area contributed by atoms with Gasteiger partial charge in [-0.3, -0.25) is 9.59 Å². The van der Waals surface area contributed by atoms with Crippen LogP contribution >= 0.6 is 0 Å². The van der Waals surface area contributed by atoms with Crippen molar-refractivity contribution in [2.75, 3.05) is 14.2 Å². The standard InChI is InChI=1S/C24H36O7/c1-15-17(23(2,3)12-8-10-18(25)30-6)14-16(22(28)29)21(27)20(15)24(4,5)13-9-11-19(26)31-7/h14,27H,8-13H2,1-7H3,(H,28,29). The molecule has 0 fully saturated rings. The molecule has 0 aliphatic heterocycles. The molecule has 0 saturated heterocycles. The zero-order chi connectivity index (χ0) is 24.0. The van der Waals surface area contributed by atoms with E-state index in [1.54, 1.807) is 6.07 Å². The molecule has 0 atom stereocenters. The summed E-state index contributed by atoms with van der Waals surface area (Å²) in [5, 5.41) is 20.6. The molecular weight excluding hydrogens is 400 g/mol. The Morgan fingerprint density at radius 1 is 0.903 bits per heavy atom. The molecule has 0 saturated carbocycles. The number of carbonyl (C=O) groups excluding carboxylic acids is 2. The monoisotopic (exact) mass is 436 g/mol. The Balaban J connectivity index is 3.39. The lowest BCUT2D eigenvalue weighted by Gasteiger charge is -2.34. The summed E-state index contributed by atoms with van der Waals surface area (Å²) in [6, 6.07) is 1.54. The van der Waals surface area contributed by atoms with E-state index in [1.807, 2.05) is 34.6 Å². The Morgan fingerprint density at radius 2 is 1.35 bits per heavy atom. The van der Waals surface area contributed by atoms with Gasteiger partial charge in [0.1, 0.15) is 11.3 Å². The van der Waals surface area contributed by atoms with E-state index in [4.69, 9.17) is 9.47 Å². The summed E-state index contributed by atoms with van der Waals surface area (Å²) < 4.78 is 9.40. The number of ether oxygens (including phenoxy) is 2. The molecule has 0 radical (unpaired) electrons. The van der Waals surface area contributed by atoms with Crippen molar-refractivity contribution in [1.29, 1.82) is 0 Å². The molecule has 31 heavy (non-hydrogen) atoms. The number of hydrogen-bond donors (Lipinski definition) is 2. The summed E-state index contributed by atoms with van der Waals surface area (Å²) in [6.45, 7) is 9.77. The number of carboxylic acid groups (broad SMARTS) is 1. The fourth-order valence-electron chi connectivity index (χ4n) is 4.28. The predicted octanol–water partition coefficient (Wildman–Crippen LogP) is 4.64. The van der Waals surface area contributed by atoms with Crippen LogP contribution in [0.4, 0.5) is 0 Å². The van der Waals surface area contributed by atoms with Gasteiger partial charge in [0.15, 0.2) is 0 Å². The van der Waals surface area contributed by atoms with Gasteiger partial charge in [-0.15, -0.1) is 0 Å². The lowest BCUT2D eigenvalue weighted by molar-refractivity contribution is -0.141. The Bertz CT molecular complexity index is 822. The van der Waals surface area contributed by atoms with E-state index in [-0.39, 0.29) is 36.1 Å². The fraction of sp³-hybridized carbons (Fsp3) is 0.625. The maximum absolute atomic E-state index is 11.9. The molecule has 0 aliphatic carbocycles. The normalized spacial score (nSPS) is 11.8. The quantitative estimate of drug-likeness (QED) is 0.486. The molecule has 0 unspecified atom stereocenters. The summed E-state index contributed by atoms with van der Waals surface area (Å²) in [5.74, 6) is -2.02. The van der Waals surface area contributed by atoms with E-state index in [0.29, 0.717) is 31.2 Å². The van der Waals surface area contributed by atoms with Crippen molar-refractivity contribution < 1.29 is 34.1 Å². The number of carboxylic acids is 1. The molecule has 1 aromatic carbocycles. The molecule has 0 heterocycles. The zero-order valence-electron chi connectivity index (χ0n) is 19.8. The number of aromatic carboxylic acids is 1. The van der Waals surface area contributed by atoms with Gasteiger partial charge in [-0.1, -0.05) is 27.7 Å². The number of hydrogen-bond acceptors (Lipinski definition) is 6. The molecule has 0 spiro atoms. The number of phenols is 1. The van der Waals surface area contributed by atoms with Crippen molar-refractivity contribution in [2.24, 2.45) is 0 Å². The van der Waals surface area contributed by atoms with Crippen molar-refractivity contribution in [1.82, 2.24) is 0 Å². The van der Waals surface area contributed by atoms with Gasteiger partial charge < -0.3 is 19.7 Å². The summed E-state index contributed by atoms with van der Waals surface area (Å²) in [5.41, 5.74) is 1.10. The van der Waals surface area contributed by atoms with E-state index in [9.17, 15) is 24.6 Å². The first-order valence-electron chi connectivity index (χ1n) is 10.5. The lowest BCUT2D eigenvalue weighted by Crippen LogP contribution is -2.26. The number of rotatable bonds is 11. The van der Waals surface area contributed by atoms with Crippen LogP contribution in [0.15, 0.2) is 6.07 Å². The SMILES string of the molecule is COC(=O)CCCC(C)(C)c1cc(C(=O)O)c(O)c(C(C)(C)CCCC(=O)OC)c1C. The van der Waals surface area contributed by atoms with Crippen LogP contribution in [0.2, 0.25) is 0 Å². The van der Waals surface area contributed by atoms with E-state index < -0.39 is 16.8 Å². The molecule has 7 heteroatoms. The minimum atomic E-state index is -1.20. The highest BCUT2D eigenvalue weighted by Crippen LogP contribution is 2.44. The van der Waals surface area contributed by atoms with Crippen LogP contribution in [-0.2, 0) is 29.9 Å². The highest BCUT2D eigenvalue weighted by molar-refractivity contribution is 5.92. The Labute approximate surface area is 184 Å². The third kappa shape index (κ3) is 6.71. The van der Waals surface area contributed by atoms with Crippen molar-refractivity contribution in [3.05, 3.63) is 28.3 Å². The fourth-order valence-corrected chi connectivity index (χ4v) is 4.28. The van der Waals surface area contributed by atoms with Gasteiger partial charge in [-0.25, -0.2) is 4.79 Å². The second-order valence-electron chi connectivity index (χ2n) is 9.25. The van der Waals surface area contributed by atoms with Gasteiger partial charge >= 0.3 is 17.9 Å². The first kappa shape index (κ1) is 26.5. The Hall–Kier alpha value is -2.57. The van der Waals surface area contributed by atoms with Crippen LogP contribution in [-0.4, -0.2) is 42.3 Å². The topological polar surface area (TPSA) is 110 Å². The number of aromatic hydroxyl groups is 1. The maximum atomic E-state index is 11.9. The van der Waals surface area contributed by atoms with Gasteiger partial charge in [-0.05, 0) is 60.6 Å². The third-order valence-electron chi connectivity index (χ3n) is 6.02. The summed E-state index contributed by atoms with van der Waals surface area (Å²) in [4.78, 5) is 34.9. The highest BCUT2D eigenvalue weighted by Gasteiger charge is 2.34. The van der Waals surface area contributed by atoms with Gasteiger partial charge in [0, 0.05) is 18.4 Å². The minimum absolute atomic E-state index is 0.141. The second kappa shape index (κ2) is 10.6. The van der Waals surface area contributed by atoms with Gasteiger partial charge in [-0.2, -0.15) is 0 Å². The molecule has 1 aromatic rings. The molecule has 7 nitrogen and oxygen atoms in total. The highest BCUT2D eigenvalue weighted by atomic mass is 16.5. The molecular formula is C24H36O7. The molecule has 174 valence electrons. The molecule has 1 rings (SSSR count). The molecule has 0 aromatic heterocycles. The van der Waals surface area contributed by atoms with E-state index >= 15 is 0 Å². The van der Waals surface area contributed by atoms with E-state index in [1.165, 1.54) is 14.2 Å². The number of esters is 2. The van der Waals surface area contributed by atoms with Crippen molar-refractivity contribution in [3.63, 3.8) is 0 Å².